The molecule has 0 saturated heterocycles. The fourth-order valence-corrected chi connectivity index (χ4v) is 10.9. The first-order chi connectivity index (χ1) is 16.2. The van der Waals surface area contributed by atoms with E-state index in [1.54, 1.807) is 0 Å². The molecule has 1 heterocycles. The van der Waals surface area contributed by atoms with Gasteiger partial charge in [0.25, 0.3) is 0 Å². The summed E-state index contributed by atoms with van der Waals surface area (Å²) in [6.45, 7) is 16.3. The highest BCUT2D eigenvalue weighted by atomic mass is 16.5. The van der Waals surface area contributed by atoms with Crippen LogP contribution in [0.3, 0.4) is 0 Å². The van der Waals surface area contributed by atoms with Crippen molar-refractivity contribution in [3.8, 4) is 0 Å². The molecule has 10 unspecified atom stereocenters. The molecule has 5 rings (SSSR count). The van der Waals surface area contributed by atoms with E-state index in [-0.39, 0.29) is 5.60 Å². The fraction of sp³-hybridized carbons (Fsp3) is 0.939. The molecule has 194 valence electrons. The summed E-state index contributed by atoms with van der Waals surface area (Å²) in [7, 11) is 0. The Kier molecular flexibility index (Phi) is 7.11. The lowest BCUT2D eigenvalue weighted by atomic mass is 9.40. The predicted octanol–water partition coefficient (Wildman–Crippen LogP) is 9.46. The summed E-state index contributed by atoms with van der Waals surface area (Å²) in [6.07, 6.45) is 23.5. The molecule has 0 amide bonds. The summed E-state index contributed by atoms with van der Waals surface area (Å²) in [5, 5.41) is 0. The van der Waals surface area contributed by atoms with Gasteiger partial charge in [0.15, 0.2) is 0 Å². The van der Waals surface area contributed by atoms with Gasteiger partial charge in [0.05, 0.1) is 12.2 Å². The van der Waals surface area contributed by atoms with Crippen molar-refractivity contribution < 1.29 is 4.74 Å². The van der Waals surface area contributed by atoms with Crippen molar-refractivity contribution in [2.24, 2.45) is 58.2 Å². The second-order valence-electron chi connectivity index (χ2n) is 14.7. The van der Waals surface area contributed by atoms with Crippen LogP contribution >= 0.6 is 0 Å². The van der Waals surface area contributed by atoms with Gasteiger partial charge in [-0.15, -0.1) is 0 Å². The zero-order valence-electron chi connectivity index (χ0n) is 23.6. The molecular weight excluding hydrogens is 412 g/mol. The Balaban J connectivity index is 1.41. The molecule has 4 fully saturated rings. The quantitative estimate of drug-likeness (QED) is 0.353. The summed E-state index contributed by atoms with van der Waals surface area (Å²) in [6, 6.07) is 0. The van der Waals surface area contributed by atoms with Gasteiger partial charge in [-0.2, -0.15) is 0 Å². The highest BCUT2D eigenvalue weighted by Gasteiger charge is 2.66. The van der Waals surface area contributed by atoms with E-state index in [0.717, 1.165) is 60.4 Å². The maximum atomic E-state index is 6.93. The minimum Gasteiger partial charge on any atom is -0.370 e. The summed E-state index contributed by atoms with van der Waals surface area (Å²) in [5.74, 6) is 7.12. The van der Waals surface area contributed by atoms with Crippen LogP contribution in [0, 0.1) is 58.2 Å². The summed E-state index contributed by atoms with van der Waals surface area (Å²) < 4.78 is 6.93. The Hall–Kier alpha value is -0.300. The van der Waals surface area contributed by atoms with E-state index in [2.05, 4.69) is 53.7 Å². The van der Waals surface area contributed by atoms with Gasteiger partial charge in [-0.3, -0.25) is 0 Å². The molecule has 1 nitrogen and oxygen atoms in total. The second kappa shape index (κ2) is 9.54. The van der Waals surface area contributed by atoms with Crippen molar-refractivity contribution in [1.82, 2.24) is 0 Å². The molecule has 1 spiro atoms. The Morgan fingerprint density at radius 3 is 2.41 bits per heavy atom. The maximum Gasteiger partial charge on any atom is 0.0898 e. The van der Waals surface area contributed by atoms with Crippen molar-refractivity contribution in [3.05, 3.63) is 12.2 Å². The van der Waals surface area contributed by atoms with Gasteiger partial charge < -0.3 is 4.74 Å². The van der Waals surface area contributed by atoms with Gasteiger partial charge >= 0.3 is 0 Å². The zero-order chi connectivity index (χ0) is 24.1. The largest absolute Gasteiger partial charge is 0.370 e. The molecule has 4 aliphatic carbocycles. The molecule has 0 bridgehead atoms. The van der Waals surface area contributed by atoms with E-state index in [4.69, 9.17) is 4.74 Å². The van der Waals surface area contributed by atoms with Gasteiger partial charge in [-0.05, 0) is 116 Å². The third-order valence-corrected chi connectivity index (χ3v) is 12.7. The number of hydrogen-bond acceptors (Lipinski definition) is 1. The molecule has 34 heavy (non-hydrogen) atoms. The Morgan fingerprint density at radius 1 is 0.941 bits per heavy atom. The van der Waals surface area contributed by atoms with Crippen LogP contribution in [0.15, 0.2) is 12.2 Å². The van der Waals surface area contributed by atoms with Crippen LogP contribution in [-0.2, 0) is 4.74 Å². The molecule has 10 atom stereocenters. The average molecular weight is 469 g/mol. The maximum absolute atomic E-state index is 6.93. The Bertz CT molecular complexity index is 739. The molecule has 0 aromatic heterocycles. The van der Waals surface area contributed by atoms with Gasteiger partial charge in [0, 0.05) is 0 Å². The third kappa shape index (κ3) is 4.07. The van der Waals surface area contributed by atoms with Crippen LogP contribution in [-0.4, -0.2) is 12.2 Å². The number of ether oxygens (including phenoxy) is 1. The van der Waals surface area contributed by atoms with Crippen molar-refractivity contribution in [2.45, 2.75) is 131 Å². The summed E-state index contributed by atoms with van der Waals surface area (Å²) >= 11 is 0. The first kappa shape index (κ1) is 25.4. The highest BCUT2D eigenvalue weighted by Crippen LogP contribution is 2.71. The summed E-state index contributed by atoms with van der Waals surface area (Å²) in [5.41, 5.74) is 1.10. The molecule has 1 heteroatoms. The predicted molar refractivity (Wildman–Crippen MR) is 145 cm³/mol. The molecule has 0 aromatic carbocycles. The van der Waals surface area contributed by atoms with Crippen LogP contribution in [0.25, 0.3) is 0 Å². The van der Waals surface area contributed by atoms with E-state index < -0.39 is 0 Å². The lowest BCUT2D eigenvalue weighted by Gasteiger charge is -2.66. The average Bonchev–Trinajstić information content (AvgIpc) is 3.17. The first-order valence-corrected chi connectivity index (χ1v) is 15.5. The van der Waals surface area contributed by atoms with Crippen molar-refractivity contribution in [1.29, 1.82) is 0 Å². The first-order valence-electron chi connectivity index (χ1n) is 15.5. The molecular formula is C33H56O. The second-order valence-corrected chi connectivity index (χ2v) is 14.7. The van der Waals surface area contributed by atoms with Crippen molar-refractivity contribution in [3.63, 3.8) is 0 Å². The minimum atomic E-state index is 0.0429. The van der Waals surface area contributed by atoms with Crippen LogP contribution in [0.2, 0.25) is 0 Å². The fourth-order valence-electron chi connectivity index (χ4n) is 10.9. The van der Waals surface area contributed by atoms with Gasteiger partial charge in [-0.1, -0.05) is 79.4 Å². The summed E-state index contributed by atoms with van der Waals surface area (Å²) in [4.78, 5) is 0. The van der Waals surface area contributed by atoms with E-state index in [1.165, 1.54) is 77.0 Å². The van der Waals surface area contributed by atoms with Crippen LogP contribution < -0.4 is 0 Å². The SMILES string of the molecule is CCC1CCC2(C)C3CCC4(C)C(C(C)CCCC(C)C)CCC4C3CC3(C=CCCO3)C2C1. The van der Waals surface area contributed by atoms with Gasteiger partial charge in [0.1, 0.15) is 0 Å². The monoisotopic (exact) mass is 468 g/mol. The van der Waals surface area contributed by atoms with E-state index in [9.17, 15) is 0 Å². The third-order valence-electron chi connectivity index (χ3n) is 12.7. The van der Waals surface area contributed by atoms with Crippen LogP contribution in [0.5, 0.6) is 0 Å². The molecule has 1 aliphatic heterocycles. The molecule has 4 saturated carbocycles. The van der Waals surface area contributed by atoms with Gasteiger partial charge in [-0.25, -0.2) is 0 Å². The van der Waals surface area contributed by atoms with Crippen LogP contribution in [0.4, 0.5) is 0 Å². The molecule has 0 N–H and O–H groups in total. The number of fused-ring (bicyclic) bond motifs is 6. The van der Waals surface area contributed by atoms with E-state index >= 15 is 0 Å². The van der Waals surface area contributed by atoms with Gasteiger partial charge in [0.2, 0.25) is 0 Å². The number of rotatable bonds is 6. The normalized spacial score (nSPS) is 49.0. The van der Waals surface area contributed by atoms with E-state index in [1.807, 2.05) is 0 Å². The topological polar surface area (TPSA) is 9.23 Å². The zero-order valence-corrected chi connectivity index (χ0v) is 23.6. The van der Waals surface area contributed by atoms with Crippen molar-refractivity contribution in [2.75, 3.05) is 6.61 Å². The minimum absolute atomic E-state index is 0.0429. The molecule has 0 aromatic rings. The smallest absolute Gasteiger partial charge is 0.0898 e. The van der Waals surface area contributed by atoms with E-state index in [0.29, 0.717) is 10.8 Å². The Morgan fingerprint density at radius 2 is 1.71 bits per heavy atom. The number of hydrogen-bond donors (Lipinski definition) is 0. The lowest BCUT2D eigenvalue weighted by molar-refractivity contribution is -0.214. The van der Waals surface area contributed by atoms with Crippen molar-refractivity contribution >= 4 is 0 Å². The standard InChI is InChI=1S/C33H56O/c1-7-25-15-18-32(6)29-16-19-31(5)27(24(4)12-10-11-23(2)3)13-14-28(31)26(29)22-33(30(32)21-25)17-8-9-20-34-33/h8,17,23-30H,7,9-16,18-22H2,1-6H3. The Labute approximate surface area is 212 Å². The molecule has 5 aliphatic rings. The highest BCUT2D eigenvalue weighted by molar-refractivity contribution is 5.21. The lowest BCUT2D eigenvalue weighted by Crippen LogP contribution is -2.63. The van der Waals surface area contributed by atoms with Crippen LogP contribution in [0.1, 0.15) is 125 Å². The molecule has 0 radical (unpaired) electrons.